The average Bonchev–Trinajstić information content (AvgIpc) is 3.37. The smallest absolute Gasteiger partial charge is 0.480 e. The Kier molecular flexibility index (Phi) is 10.8. The maximum absolute atomic E-state index is 13.7. The van der Waals surface area contributed by atoms with Crippen LogP contribution in [0.3, 0.4) is 0 Å². The van der Waals surface area contributed by atoms with Crippen LogP contribution < -0.4 is 25.4 Å². The van der Waals surface area contributed by atoms with Gasteiger partial charge in [0.1, 0.15) is 22.0 Å². The highest BCUT2D eigenvalue weighted by molar-refractivity contribution is 7.20. The van der Waals surface area contributed by atoms with Crippen LogP contribution in [0.5, 0.6) is 11.5 Å². The van der Waals surface area contributed by atoms with Crippen molar-refractivity contribution in [2.24, 2.45) is 5.92 Å². The minimum atomic E-state index is -5.04. The number of carbonyl (C=O) groups excluding carboxylic acids is 2. The van der Waals surface area contributed by atoms with Crippen molar-refractivity contribution in [2.75, 3.05) is 10.6 Å². The predicted molar refractivity (Wildman–Crippen MR) is 162 cm³/mol. The van der Waals surface area contributed by atoms with E-state index in [1.807, 2.05) is 0 Å². The second-order valence-electron chi connectivity index (χ2n) is 10.6. The van der Waals surface area contributed by atoms with E-state index in [0.717, 1.165) is 54.9 Å². The number of alkyl halides is 6. The number of carbonyl (C=O) groups is 3. The Morgan fingerprint density at radius 3 is 1.94 bits per heavy atom. The molecular weight excluding hydrogens is 703 g/mol. The molecule has 4 rings (SSSR count). The summed E-state index contributed by atoms with van der Waals surface area (Å²) in [6.45, 7) is 1.39. The first kappa shape index (κ1) is 36.0. The molecule has 1 heterocycles. The molecule has 1 aliphatic rings. The van der Waals surface area contributed by atoms with Gasteiger partial charge in [-0.1, -0.05) is 42.5 Å². The van der Waals surface area contributed by atoms with E-state index < -0.39 is 57.7 Å². The Labute approximate surface area is 277 Å². The van der Waals surface area contributed by atoms with Gasteiger partial charge in [-0.05, 0) is 61.6 Å². The molecule has 0 saturated heterocycles. The molecular formula is C29H25Cl2F6N3O6S. The SMILES string of the molecule is C[C@@](NC(=O)c1cc(-c2ccc(OC(F)(F)F)cc2)sc1NC(=O)Nc1c(Cl)cc(OC(F)(F)F)cc1Cl)(C(=O)O)C1CCCCC1. The fourth-order valence-corrected chi connectivity index (χ4v) is 6.66. The van der Waals surface area contributed by atoms with E-state index in [4.69, 9.17) is 23.2 Å². The third-order valence-corrected chi connectivity index (χ3v) is 9.00. The molecule has 9 nitrogen and oxygen atoms in total. The summed E-state index contributed by atoms with van der Waals surface area (Å²) in [5.41, 5.74) is -1.81. The summed E-state index contributed by atoms with van der Waals surface area (Å²) in [4.78, 5) is 39.4. The molecule has 0 unspecified atom stereocenters. The highest BCUT2D eigenvalue weighted by Gasteiger charge is 2.43. The van der Waals surface area contributed by atoms with E-state index in [1.54, 1.807) is 0 Å². The van der Waals surface area contributed by atoms with Crippen molar-refractivity contribution >= 4 is 63.1 Å². The monoisotopic (exact) mass is 727 g/mol. The van der Waals surface area contributed by atoms with Crippen LogP contribution in [0, 0.1) is 5.92 Å². The van der Waals surface area contributed by atoms with Gasteiger partial charge < -0.3 is 25.2 Å². The van der Waals surface area contributed by atoms with Gasteiger partial charge in [0.15, 0.2) is 0 Å². The summed E-state index contributed by atoms with van der Waals surface area (Å²) in [5, 5.41) is 16.5. The molecule has 0 aliphatic heterocycles. The summed E-state index contributed by atoms with van der Waals surface area (Å²) in [6.07, 6.45) is -6.35. The number of urea groups is 1. The number of thiophene rings is 1. The van der Waals surface area contributed by atoms with Crippen LogP contribution in [0.15, 0.2) is 42.5 Å². The Bertz CT molecular complexity index is 1620. The van der Waals surface area contributed by atoms with Gasteiger partial charge in [0.2, 0.25) is 0 Å². The second kappa shape index (κ2) is 14.1. The zero-order valence-electron chi connectivity index (χ0n) is 24.1. The Morgan fingerprint density at radius 2 is 1.40 bits per heavy atom. The third kappa shape index (κ3) is 9.35. The summed E-state index contributed by atoms with van der Waals surface area (Å²) < 4.78 is 83.4. The first-order valence-corrected chi connectivity index (χ1v) is 15.3. The molecule has 0 spiro atoms. The molecule has 47 heavy (non-hydrogen) atoms. The lowest BCUT2D eigenvalue weighted by Gasteiger charge is -2.37. The van der Waals surface area contributed by atoms with E-state index in [2.05, 4.69) is 25.4 Å². The van der Waals surface area contributed by atoms with Crippen LogP contribution in [0.25, 0.3) is 10.4 Å². The average molecular weight is 728 g/mol. The fraction of sp³-hybridized carbons (Fsp3) is 0.345. The van der Waals surface area contributed by atoms with Gasteiger partial charge in [0, 0.05) is 17.0 Å². The molecule has 3 amide bonds. The number of aliphatic carboxylic acids is 1. The molecule has 3 aromatic rings. The number of rotatable bonds is 9. The Morgan fingerprint density at radius 1 is 0.851 bits per heavy atom. The molecule has 254 valence electrons. The molecule has 1 aromatic heterocycles. The lowest BCUT2D eigenvalue weighted by molar-refractivity contribution is -0.275. The zero-order chi connectivity index (χ0) is 34.7. The first-order valence-electron chi connectivity index (χ1n) is 13.7. The molecule has 18 heteroatoms. The van der Waals surface area contributed by atoms with Crippen LogP contribution in [0.2, 0.25) is 10.0 Å². The van der Waals surface area contributed by atoms with Gasteiger partial charge in [-0.15, -0.1) is 37.7 Å². The Balaban J connectivity index is 1.65. The van der Waals surface area contributed by atoms with Crippen molar-refractivity contribution in [1.82, 2.24) is 5.32 Å². The number of carboxylic acid groups (broad SMARTS) is 1. The molecule has 1 atom stereocenters. The molecule has 0 radical (unpaired) electrons. The van der Waals surface area contributed by atoms with E-state index in [1.165, 1.54) is 25.1 Å². The van der Waals surface area contributed by atoms with Gasteiger partial charge in [-0.3, -0.25) is 10.1 Å². The molecule has 1 fully saturated rings. The van der Waals surface area contributed by atoms with Crippen LogP contribution >= 0.6 is 34.5 Å². The maximum atomic E-state index is 13.7. The lowest BCUT2D eigenvalue weighted by atomic mass is 9.75. The van der Waals surface area contributed by atoms with Crippen LogP contribution in [-0.4, -0.2) is 41.3 Å². The van der Waals surface area contributed by atoms with Crippen molar-refractivity contribution in [3.63, 3.8) is 0 Å². The normalized spacial score (nSPS) is 15.3. The number of halogens is 8. The first-order chi connectivity index (χ1) is 21.8. The number of benzene rings is 2. The predicted octanol–water partition coefficient (Wildman–Crippen LogP) is 9.32. The lowest BCUT2D eigenvalue weighted by Crippen LogP contribution is -2.57. The van der Waals surface area contributed by atoms with E-state index >= 15 is 0 Å². The Hall–Kier alpha value is -3.89. The minimum absolute atomic E-state index is 0.105. The largest absolute Gasteiger partial charge is 0.573 e. The number of nitrogens with one attached hydrogen (secondary N) is 3. The highest BCUT2D eigenvalue weighted by atomic mass is 35.5. The number of ether oxygens (including phenoxy) is 2. The second-order valence-corrected chi connectivity index (χ2v) is 12.5. The summed E-state index contributed by atoms with van der Waals surface area (Å²) >= 11 is 12.9. The number of carboxylic acids is 1. The maximum Gasteiger partial charge on any atom is 0.573 e. The van der Waals surface area contributed by atoms with E-state index in [-0.39, 0.29) is 22.2 Å². The van der Waals surface area contributed by atoms with Gasteiger partial charge >= 0.3 is 24.7 Å². The van der Waals surface area contributed by atoms with Gasteiger partial charge in [0.25, 0.3) is 5.91 Å². The number of anilines is 2. The summed E-state index contributed by atoms with van der Waals surface area (Å²) in [5.74, 6) is -3.75. The molecule has 0 bridgehead atoms. The van der Waals surface area contributed by atoms with Crippen molar-refractivity contribution < 1.29 is 55.3 Å². The molecule has 1 aliphatic carbocycles. The zero-order valence-corrected chi connectivity index (χ0v) is 26.4. The number of amides is 3. The number of hydrogen-bond acceptors (Lipinski definition) is 6. The van der Waals surface area contributed by atoms with Crippen molar-refractivity contribution in [3.05, 3.63) is 58.1 Å². The fourth-order valence-electron chi connectivity index (χ4n) is 5.04. The quantitative estimate of drug-likeness (QED) is 0.163. The van der Waals surface area contributed by atoms with Crippen LogP contribution in [0.4, 0.5) is 41.8 Å². The van der Waals surface area contributed by atoms with Gasteiger partial charge in [0.05, 0.1) is 21.3 Å². The van der Waals surface area contributed by atoms with Gasteiger partial charge in [-0.25, -0.2) is 9.59 Å². The van der Waals surface area contributed by atoms with Crippen molar-refractivity contribution in [2.45, 2.75) is 57.3 Å². The van der Waals surface area contributed by atoms with Gasteiger partial charge in [-0.2, -0.15) is 0 Å². The third-order valence-electron chi connectivity index (χ3n) is 7.30. The van der Waals surface area contributed by atoms with Crippen molar-refractivity contribution in [3.8, 4) is 21.9 Å². The number of hydrogen-bond donors (Lipinski definition) is 4. The van der Waals surface area contributed by atoms with Crippen LogP contribution in [-0.2, 0) is 4.79 Å². The topological polar surface area (TPSA) is 126 Å². The molecule has 1 saturated carbocycles. The standard InChI is InChI=1S/C29H25Cl2F6N3O6S/c1-27(25(42)43,15-5-3-2-4-6-15)40-23(41)18-13-21(14-7-9-16(10-8-14)45-28(32,33)34)47-24(18)39-26(44)38-22-19(30)11-17(12-20(22)31)46-29(35,36)37/h7-13,15H,2-6H2,1H3,(H,40,41)(H,42,43)(H2,38,39,44)/t27-/m0/s1. The minimum Gasteiger partial charge on any atom is -0.480 e. The highest BCUT2D eigenvalue weighted by Crippen LogP contribution is 2.40. The van der Waals surface area contributed by atoms with Crippen molar-refractivity contribution in [1.29, 1.82) is 0 Å². The van der Waals surface area contributed by atoms with E-state index in [9.17, 15) is 45.8 Å². The summed E-state index contributed by atoms with van der Waals surface area (Å²) in [7, 11) is 0. The van der Waals surface area contributed by atoms with Crippen LogP contribution in [0.1, 0.15) is 49.4 Å². The molecule has 2 aromatic carbocycles. The summed E-state index contributed by atoms with van der Waals surface area (Å²) in [6, 6.07) is 6.47. The van der Waals surface area contributed by atoms with E-state index in [0.29, 0.717) is 23.3 Å². The molecule has 4 N–H and O–H groups in total.